The molecule has 0 aliphatic heterocycles. The van der Waals surface area contributed by atoms with Gasteiger partial charge in [0.1, 0.15) is 0 Å². The zero-order valence-electron chi connectivity index (χ0n) is 7.73. The fourth-order valence-electron chi connectivity index (χ4n) is 0.579. The van der Waals surface area contributed by atoms with Gasteiger partial charge in [-0.15, -0.1) is 20.4 Å². The average molecular weight is 262 g/mol. The Hall–Kier alpha value is -1.42. The van der Waals surface area contributed by atoms with Gasteiger partial charge in [0.2, 0.25) is 10.3 Å². The van der Waals surface area contributed by atoms with Crippen LogP contribution >= 0.6 is 23.5 Å². The van der Waals surface area contributed by atoms with Crippen molar-refractivity contribution < 1.29 is 19.8 Å². The minimum atomic E-state index is -0.988. The standard InChI is InChI=1S/C6H6N4O4S2/c11-3(12)1-15-5-7-9-6(10-8-5)16-2-4(13)14/h1-2H2,(H,11,12)(H,13,14). The van der Waals surface area contributed by atoms with Gasteiger partial charge in [-0.3, -0.25) is 9.59 Å². The molecule has 1 aromatic rings. The van der Waals surface area contributed by atoms with E-state index in [2.05, 4.69) is 20.4 Å². The predicted octanol–water partition coefficient (Wildman–Crippen LogP) is -0.380. The first-order chi connectivity index (χ1) is 7.58. The Labute approximate surface area is 97.9 Å². The number of aliphatic carboxylic acids is 2. The van der Waals surface area contributed by atoms with Crippen molar-refractivity contribution in [1.82, 2.24) is 20.4 Å². The van der Waals surface area contributed by atoms with E-state index in [-0.39, 0.29) is 21.8 Å². The summed E-state index contributed by atoms with van der Waals surface area (Å²) < 4.78 is 0. The number of aromatic nitrogens is 4. The van der Waals surface area contributed by atoms with Crippen molar-refractivity contribution in [2.75, 3.05) is 11.5 Å². The van der Waals surface area contributed by atoms with Crippen LogP contribution in [-0.4, -0.2) is 54.1 Å². The molecule has 1 rings (SSSR count). The third-order valence-corrected chi connectivity index (χ3v) is 2.72. The van der Waals surface area contributed by atoms with Crippen molar-refractivity contribution in [3.63, 3.8) is 0 Å². The van der Waals surface area contributed by atoms with Gasteiger partial charge in [-0.2, -0.15) is 0 Å². The van der Waals surface area contributed by atoms with Gasteiger partial charge in [-0.25, -0.2) is 0 Å². The summed E-state index contributed by atoms with van der Waals surface area (Å²) in [6.07, 6.45) is 0. The van der Waals surface area contributed by atoms with Crippen LogP contribution in [-0.2, 0) is 9.59 Å². The average Bonchev–Trinajstić information content (AvgIpc) is 2.25. The van der Waals surface area contributed by atoms with Crippen LogP contribution in [0.5, 0.6) is 0 Å². The number of hydrogen-bond donors (Lipinski definition) is 2. The zero-order chi connectivity index (χ0) is 12.0. The molecule has 0 amide bonds. The molecule has 0 aliphatic carbocycles. The lowest BCUT2D eigenvalue weighted by atomic mass is 10.8. The first-order valence-electron chi connectivity index (χ1n) is 3.84. The summed E-state index contributed by atoms with van der Waals surface area (Å²) in [7, 11) is 0. The Morgan fingerprint density at radius 1 is 0.875 bits per heavy atom. The van der Waals surface area contributed by atoms with E-state index in [1.165, 1.54) is 0 Å². The molecular formula is C6H6N4O4S2. The second-order valence-corrected chi connectivity index (χ2v) is 4.21. The van der Waals surface area contributed by atoms with Crippen LogP contribution in [0.25, 0.3) is 0 Å². The summed E-state index contributed by atoms with van der Waals surface area (Å²) in [4.78, 5) is 20.5. The predicted molar refractivity (Wildman–Crippen MR) is 54.3 cm³/mol. The van der Waals surface area contributed by atoms with Crippen molar-refractivity contribution in [3.8, 4) is 0 Å². The highest BCUT2D eigenvalue weighted by atomic mass is 32.2. The van der Waals surface area contributed by atoms with Crippen LogP contribution in [0.4, 0.5) is 0 Å². The Morgan fingerprint density at radius 3 is 1.44 bits per heavy atom. The fraction of sp³-hybridized carbons (Fsp3) is 0.333. The van der Waals surface area contributed by atoms with Crippen LogP contribution in [0.1, 0.15) is 0 Å². The molecule has 1 aromatic heterocycles. The smallest absolute Gasteiger partial charge is 0.313 e. The molecule has 0 aliphatic rings. The van der Waals surface area contributed by atoms with E-state index in [0.29, 0.717) is 0 Å². The third-order valence-electron chi connectivity index (χ3n) is 1.09. The number of thioether (sulfide) groups is 2. The second-order valence-electron chi connectivity index (χ2n) is 2.33. The van der Waals surface area contributed by atoms with E-state index in [4.69, 9.17) is 10.2 Å². The lowest BCUT2D eigenvalue weighted by Crippen LogP contribution is -2.04. The maximum absolute atomic E-state index is 10.2. The van der Waals surface area contributed by atoms with Crippen LogP contribution < -0.4 is 0 Å². The topological polar surface area (TPSA) is 126 Å². The van der Waals surface area contributed by atoms with E-state index in [9.17, 15) is 9.59 Å². The molecule has 0 atom stereocenters. The minimum absolute atomic E-state index is 0.141. The molecule has 0 unspecified atom stereocenters. The van der Waals surface area contributed by atoms with Crippen LogP contribution in [0.15, 0.2) is 10.3 Å². The molecule has 10 heteroatoms. The van der Waals surface area contributed by atoms with E-state index < -0.39 is 11.9 Å². The molecule has 0 saturated heterocycles. The maximum atomic E-state index is 10.2. The summed E-state index contributed by atoms with van der Waals surface area (Å²) in [6.45, 7) is 0. The van der Waals surface area contributed by atoms with Gasteiger partial charge in [0.05, 0.1) is 11.5 Å². The largest absolute Gasteiger partial charge is 0.481 e. The molecule has 0 bridgehead atoms. The van der Waals surface area contributed by atoms with Crippen LogP contribution in [0.3, 0.4) is 0 Å². The first kappa shape index (κ1) is 12.6. The Morgan fingerprint density at radius 2 is 1.19 bits per heavy atom. The molecule has 2 N–H and O–H groups in total. The number of rotatable bonds is 6. The second kappa shape index (κ2) is 6.23. The monoisotopic (exact) mass is 262 g/mol. The fourth-order valence-corrected chi connectivity index (χ4v) is 1.48. The Bertz CT molecular complexity index is 348. The molecule has 0 spiro atoms. The van der Waals surface area contributed by atoms with Crippen molar-refractivity contribution in [1.29, 1.82) is 0 Å². The van der Waals surface area contributed by atoms with Gasteiger partial charge in [0, 0.05) is 0 Å². The van der Waals surface area contributed by atoms with Gasteiger partial charge in [-0.1, -0.05) is 23.5 Å². The van der Waals surface area contributed by atoms with Crippen molar-refractivity contribution >= 4 is 35.5 Å². The highest BCUT2D eigenvalue weighted by molar-refractivity contribution is 8.00. The van der Waals surface area contributed by atoms with Gasteiger partial charge in [0.15, 0.2) is 0 Å². The van der Waals surface area contributed by atoms with Crippen LogP contribution in [0.2, 0.25) is 0 Å². The number of nitrogens with zero attached hydrogens (tertiary/aromatic N) is 4. The molecule has 16 heavy (non-hydrogen) atoms. The minimum Gasteiger partial charge on any atom is -0.481 e. The summed E-state index contributed by atoms with van der Waals surface area (Å²) in [5.41, 5.74) is 0. The number of carboxylic acid groups (broad SMARTS) is 2. The third kappa shape index (κ3) is 4.89. The summed E-state index contributed by atoms with van der Waals surface area (Å²) >= 11 is 1.78. The number of carbonyl (C=O) groups is 2. The van der Waals surface area contributed by atoms with Gasteiger partial charge in [-0.05, 0) is 0 Å². The van der Waals surface area contributed by atoms with Gasteiger partial charge >= 0.3 is 11.9 Å². The highest BCUT2D eigenvalue weighted by Crippen LogP contribution is 2.13. The van der Waals surface area contributed by atoms with Crippen LogP contribution in [0, 0.1) is 0 Å². The van der Waals surface area contributed by atoms with Crippen molar-refractivity contribution in [2.24, 2.45) is 0 Å². The molecule has 0 fully saturated rings. The number of hydrogen-bond acceptors (Lipinski definition) is 8. The maximum Gasteiger partial charge on any atom is 0.313 e. The van der Waals surface area contributed by atoms with Crippen molar-refractivity contribution in [3.05, 3.63) is 0 Å². The summed E-state index contributed by atoms with van der Waals surface area (Å²) in [6, 6.07) is 0. The molecule has 8 nitrogen and oxygen atoms in total. The normalized spacial score (nSPS) is 10.0. The SMILES string of the molecule is O=C(O)CSc1nnc(SCC(=O)O)nn1. The van der Waals surface area contributed by atoms with E-state index in [1.54, 1.807) is 0 Å². The van der Waals surface area contributed by atoms with Gasteiger partial charge in [0.25, 0.3) is 0 Å². The lowest BCUT2D eigenvalue weighted by molar-refractivity contribution is -0.134. The molecule has 1 heterocycles. The molecular weight excluding hydrogens is 256 g/mol. The quantitative estimate of drug-likeness (QED) is 0.655. The number of carboxylic acids is 2. The zero-order valence-corrected chi connectivity index (χ0v) is 9.36. The molecule has 0 saturated carbocycles. The van der Waals surface area contributed by atoms with E-state index >= 15 is 0 Å². The summed E-state index contributed by atoms with van der Waals surface area (Å²) in [5, 5.41) is 31.4. The van der Waals surface area contributed by atoms with E-state index in [1.807, 2.05) is 0 Å². The Kier molecular flexibility index (Phi) is 4.92. The van der Waals surface area contributed by atoms with E-state index in [0.717, 1.165) is 23.5 Å². The summed E-state index contributed by atoms with van der Waals surface area (Å²) in [5.74, 6) is -2.33. The molecule has 0 radical (unpaired) electrons. The van der Waals surface area contributed by atoms with Crippen molar-refractivity contribution in [2.45, 2.75) is 10.3 Å². The lowest BCUT2D eigenvalue weighted by Gasteiger charge is -1.96. The Balaban J connectivity index is 2.47. The molecule has 0 aromatic carbocycles. The molecule has 86 valence electrons. The van der Waals surface area contributed by atoms with Gasteiger partial charge < -0.3 is 10.2 Å². The highest BCUT2D eigenvalue weighted by Gasteiger charge is 2.06. The first-order valence-corrected chi connectivity index (χ1v) is 5.81.